The smallest absolute Gasteiger partial charge is 0.0406 e. The van der Waals surface area contributed by atoms with Gasteiger partial charge < -0.3 is 0 Å². The monoisotopic (exact) mass is 302 g/mol. The topological polar surface area (TPSA) is 0 Å². The summed E-state index contributed by atoms with van der Waals surface area (Å²) in [4.78, 5) is 0. The van der Waals surface area contributed by atoms with Crippen LogP contribution in [0.1, 0.15) is 0 Å². The molecule has 0 unspecified atom stereocenters. The maximum atomic E-state index is 5.59. The number of benzene rings is 2. The summed E-state index contributed by atoms with van der Waals surface area (Å²) in [6, 6.07) is 16.9. The van der Waals surface area contributed by atoms with Crippen LogP contribution in [0.5, 0.6) is 0 Å². The van der Waals surface area contributed by atoms with Crippen molar-refractivity contribution in [3.63, 3.8) is 0 Å². The zero-order valence-corrected chi connectivity index (χ0v) is 10.9. The van der Waals surface area contributed by atoms with Crippen molar-refractivity contribution in [2.45, 2.75) is 0 Å². The lowest BCUT2D eigenvalue weighted by Crippen LogP contribution is -1.61. The molecule has 0 aromatic heterocycles. The maximum absolute atomic E-state index is 5.59. The zero-order valence-electron chi connectivity index (χ0n) is 7.83. The second-order valence-electron chi connectivity index (χ2n) is 2.73. The van der Waals surface area contributed by atoms with Crippen LogP contribution in [0.25, 0.3) is 0 Å². The van der Waals surface area contributed by atoms with Gasteiger partial charge in [0, 0.05) is 14.5 Å². The van der Waals surface area contributed by atoms with E-state index in [-0.39, 0.29) is 0 Å². The largest absolute Gasteiger partial charge is 0.0843 e. The van der Waals surface area contributed by atoms with Crippen molar-refractivity contribution in [3.8, 4) is 0 Å². The molecule has 0 aliphatic rings. The van der Waals surface area contributed by atoms with Crippen LogP contribution in [0, 0.1) is 0 Å². The normalized spacial score (nSPS) is 9.00. The summed E-state index contributed by atoms with van der Waals surface area (Å²) in [5.41, 5.74) is 0. The van der Waals surface area contributed by atoms with Crippen LogP contribution >= 0.6 is 39.1 Å². The third-order valence-electron chi connectivity index (χ3n) is 1.54. The van der Waals surface area contributed by atoms with E-state index >= 15 is 0 Å². The molecule has 0 saturated carbocycles. The highest BCUT2D eigenvalue weighted by molar-refractivity contribution is 9.10. The second kappa shape index (κ2) is 6.89. The SMILES string of the molecule is Clc1ccc(Br)cc1.Clc1ccccc1. The van der Waals surface area contributed by atoms with Gasteiger partial charge in [-0.05, 0) is 36.4 Å². The van der Waals surface area contributed by atoms with Gasteiger partial charge in [-0.25, -0.2) is 0 Å². The number of rotatable bonds is 0. The van der Waals surface area contributed by atoms with E-state index in [0.717, 1.165) is 14.5 Å². The van der Waals surface area contributed by atoms with Crippen LogP contribution in [-0.4, -0.2) is 0 Å². The van der Waals surface area contributed by atoms with E-state index in [2.05, 4.69) is 15.9 Å². The maximum Gasteiger partial charge on any atom is 0.0406 e. The fraction of sp³-hybridized carbons (Fsp3) is 0. The molecule has 0 aliphatic heterocycles. The molecule has 2 rings (SSSR count). The minimum Gasteiger partial charge on any atom is -0.0843 e. The molecule has 0 aliphatic carbocycles. The van der Waals surface area contributed by atoms with E-state index in [1.165, 1.54) is 0 Å². The van der Waals surface area contributed by atoms with Gasteiger partial charge in [-0.1, -0.05) is 57.3 Å². The summed E-state index contributed by atoms with van der Waals surface area (Å²) in [5, 5.41) is 1.57. The van der Waals surface area contributed by atoms with E-state index in [0.29, 0.717) is 0 Å². The molecule has 2 aromatic carbocycles. The minimum absolute atomic E-state index is 0.771. The van der Waals surface area contributed by atoms with E-state index in [9.17, 15) is 0 Å². The minimum atomic E-state index is 0.771. The lowest BCUT2D eigenvalue weighted by molar-refractivity contribution is 1.65. The predicted molar refractivity (Wildman–Crippen MR) is 70.6 cm³/mol. The molecule has 3 heteroatoms. The molecule has 0 heterocycles. The molecule has 0 nitrogen and oxygen atoms in total. The first-order valence-electron chi connectivity index (χ1n) is 4.30. The van der Waals surface area contributed by atoms with Crippen LogP contribution in [0.15, 0.2) is 59.1 Å². The Kier molecular flexibility index (Phi) is 5.77. The van der Waals surface area contributed by atoms with E-state index in [1.807, 2.05) is 54.6 Å². The highest BCUT2D eigenvalue weighted by Crippen LogP contribution is 2.13. The average molecular weight is 304 g/mol. The molecular weight excluding hydrogens is 295 g/mol. The van der Waals surface area contributed by atoms with Gasteiger partial charge in [-0.3, -0.25) is 0 Å². The Balaban J connectivity index is 0.000000151. The molecule has 15 heavy (non-hydrogen) atoms. The summed E-state index contributed by atoms with van der Waals surface area (Å²) < 4.78 is 1.06. The number of hydrogen-bond acceptors (Lipinski definition) is 0. The van der Waals surface area contributed by atoms with Gasteiger partial charge in [0.2, 0.25) is 0 Å². The van der Waals surface area contributed by atoms with Crippen molar-refractivity contribution in [3.05, 3.63) is 69.1 Å². The van der Waals surface area contributed by atoms with Crippen LogP contribution in [0.4, 0.5) is 0 Å². The first-order chi connectivity index (χ1) is 7.18. The summed E-state index contributed by atoms with van der Waals surface area (Å²) >= 11 is 14.4. The lowest BCUT2D eigenvalue weighted by Gasteiger charge is -1.86. The van der Waals surface area contributed by atoms with Gasteiger partial charge in [0.05, 0.1) is 0 Å². The van der Waals surface area contributed by atoms with Crippen molar-refractivity contribution >= 4 is 39.1 Å². The Morgan fingerprint density at radius 3 is 1.47 bits per heavy atom. The molecule has 78 valence electrons. The summed E-state index contributed by atoms with van der Waals surface area (Å²) in [7, 11) is 0. The Morgan fingerprint density at radius 2 is 1.13 bits per heavy atom. The summed E-state index contributed by atoms with van der Waals surface area (Å²) in [6.45, 7) is 0. The Labute approximate surface area is 108 Å². The third kappa shape index (κ3) is 5.83. The molecule has 2 aromatic rings. The highest BCUT2D eigenvalue weighted by atomic mass is 79.9. The van der Waals surface area contributed by atoms with Gasteiger partial charge in [-0.15, -0.1) is 0 Å². The van der Waals surface area contributed by atoms with Crippen molar-refractivity contribution in [1.29, 1.82) is 0 Å². The number of halogens is 3. The fourth-order valence-electron chi connectivity index (χ4n) is 0.844. The molecule has 0 radical (unpaired) electrons. The predicted octanol–water partition coefficient (Wildman–Crippen LogP) is 5.44. The van der Waals surface area contributed by atoms with E-state index in [4.69, 9.17) is 23.2 Å². The molecular formula is C12H9BrCl2. The first-order valence-corrected chi connectivity index (χ1v) is 5.85. The van der Waals surface area contributed by atoms with E-state index < -0.39 is 0 Å². The third-order valence-corrected chi connectivity index (χ3v) is 2.57. The zero-order chi connectivity index (χ0) is 11.1. The van der Waals surface area contributed by atoms with Crippen molar-refractivity contribution in [2.24, 2.45) is 0 Å². The van der Waals surface area contributed by atoms with Crippen LogP contribution in [-0.2, 0) is 0 Å². The lowest BCUT2D eigenvalue weighted by atomic mass is 10.4. The molecule has 0 N–H and O–H groups in total. The van der Waals surface area contributed by atoms with Gasteiger partial charge >= 0.3 is 0 Å². The van der Waals surface area contributed by atoms with Crippen molar-refractivity contribution < 1.29 is 0 Å². The van der Waals surface area contributed by atoms with Crippen LogP contribution < -0.4 is 0 Å². The Morgan fingerprint density at radius 1 is 0.667 bits per heavy atom. The Bertz CT molecular complexity index is 363. The first kappa shape index (κ1) is 12.6. The van der Waals surface area contributed by atoms with Gasteiger partial charge in [0.15, 0.2) is 0 Å². The number of hydrogen-bond donors (Lipinski definition) is 0. The van der Waals surface area contributed by atoms with Crippen LogP contribution in [0.3, 0.4) is 0 Å². The second-order valence-corrected chi connectivity index (χ2v) is 4.52. The summed E-state index contributed by atoms with van der Waals surface area (Å²) in [6.07, 6.45) is 0. The molecule has 0 fully saturated rings. The quantitative estimate of drug-likeness (QED) is 0.607. The fourth-order valence-corrected chi connectivity index (χ4v) is 1.38. The highest BCUT2D eigenvalue weighted by Gasteiger charge is 1.83. The average Bonchev–Trinajstić information content (AvgIpc) is 2.25. The van der Waals surface area contributed by atoms with Gasteiger partial charge in [0.25, 0.3) is 0 Å². The summed E-state index contributed by atoms with van der Waals surface area (Å²) in [5.74, 6) is 0. The van der Waals surface area contributed by atoms with E-state index in [1.54, 1.807) is 0 Å². The van der Waals surface area contributed by atoms with Gasteiger partial charge in [0.1, 0.15) is 0 Å². The molecule has 0 spiro atoms. The van der Waals surface area contributed by atoms with Crippen molar-refractivity contribution in [1.82, 2.24) is 0 Å². The molecule has 0 atom stereocenters. The van der Waals surface area contributed by atoms with Gasteiger partial charge in [-0.2, -0.15) is 0 Å². The van der Waals surface area contributed by atoms with Crippen molar-refractivity contribution in [2.75, 3.05) is 0 Å². The molecule has 0 saturated heterocycles. The molecule has 0 bridgehead atoms. The molecule has 0 amide bonds. The Hall–Kier alpha value is -0.500. The standard InChI is InChI=1S/C6H4BrCl.C6H5Cl/c7-5-1-3-6(8)4-2-5;7-6-4-2-1-3-5-6/h1-4H;1-5H. The van der Waals surface area contributed by atoms with Crippen LogP contribution in [0.2, 0.25) is 10.0 Å².